The van der Waals surface area contributed by atoms with Crippen molar-refractivity contribution >= 4 is 0 Å². The summed E-state index contributed by atoms with van der Waals surface area (Å²) in [7, 11) is 0. The number of piperidine rings is 1. The van der Waals surface area contributed by atoms with Crippen LogP contribution in [0.1, 0.15) is 136 Å². The molecule has 1 aromatic carbocycles. The molecular weight excluding hydrogens is 434 g/mol. The lowest BCUT2D eigenvalue weighted by Crippen LogP contribution is -2.69. The number of rotatable bonds is 9. The largest absolute Gasteiger partial charge is 0.347 e. The zero-order valence-corrected chi connectivity index (χ0v) is 23.2. The molecule has 1 unspecified atom stereocenters. The van der Waals surface area contributed by atoms with E-state index in [2.05, 4.69) is 70.0 Å². The van der Waals surface area contributed by atoms with Gasteiger partial charge >= 0.3 is 0 Å². The molecule has 0 N–H and O–H groups in total. The van der Waals surface area contributed by atoms with Gasteiger partial charge in [-0.25, -0.2) is 0 Å². The van der Waals surface area contributed by atoms with Crippen molar-refractivity contribution in [2.24, 2.45) is 0 Å². The smallest absolute Gasteiger partial charge is 0.172 e. The maximum atomic E-state index is 7.15. The van der Waals surface area contributed by atoms with Gasteiger partial charge in [0.05, 0.1) is 17.7 Å². The summed E-state index contributed by atoms with van der Waals surface area (Å²) in [6.07, 6.45) is 16.9. The van der Waals surface area contributed by atoms with Crippen molar-refractivity contribution in [2.45, 2.75) is 160 Å². The second-order valence-corrected chi connectivity index (χ2v) is 12.2. The van der Waals surface area contributed by atoms with E-state index in [9.17, 15) is 0 Å². The van der Waals surface area contributed by atoms with E-state index in [0.717, 1.165) is 25.7 Å². The standard InChI is InChI=1S/C31H51NO3/c1-6-30(7-2)24-31(33-27-19-13-9-14-20-27,34-28-21-15-10-16-22-28)23-29(4,5)32(30)35-25(3)26-17-11-8-12-18-26/h8,11-12,17-18,25,27-28H,6-7,9-10,13-16,19-24H2,1-5H3. The van der Waals surface area contributed by atoms with Crippen molar-refractivity contribution in [3.05, 3.63) is 35.9 Å². The molecule has 1 atom stereocenters. The highest BCUT2D eigenvalue weighted by atomic mass is 16.7. The van der Waals surface area contributed by atoms with E-state index in [1.165, 1.54) is 69.8 Å². The van der Waals surface area contributed by atoms with Gasteiger partial charge in [-0.2, -0.15) is 5.06 Å². The molecule has 0 bridgehead atoms. The summed E-state index contributed by atoms with van der Waals surface area (Å²) in [5.41, 5.74) is 0.878. The predicted octanol–water partition coefficient (Wildman–Crippen LogP) is 8.51. The molecule has 1 saturated heterocycles. The molecule has 198 valence electrons. The van der Waals surface area contributed by atoms with Crippen LogP contribution in [-0.2, 0) is 14.3 Å². The first-order valence-electron chi connectivity index (χ1n) is 14.7. The van der Waals surface area contributed by atoms with Gasteiger partial charge in [0.1, 0.15) is 6.10 Å². The minimum atomic E-state index is -0.532. The second-order valence-electron chi connectivity index (χ2n) is 12.2. The first-order valence-corrected chi connectivity index (χ1v) is 14.7. The van der Waals surface area contributed by atoms with Crippen molar-refractivity contribution in [1.29, 1.82) is 0 Å². The third-order valence-corrected chi connectivity index (χ3v) is 9.00. The summed E-state index contributed by atoms with van der Waals surface area (Å²) in [5.74, 6) is -0.532. The average Bonchev–Trinajstić information content (AvgIpc) is 2.87. The van der Waals surface area contributed by atoms with Gasteiger partial charge in [0, 0.05) is 18.4 Å². The van der Waals surface area contributed by atoms with Gasteiger partial charge in [0.25, 0.3) is 0 Å². The van der Waals surface area contributed by atoms with Crippen LogP contribution in [0.4, 0.5) is 0 Å². The SMILES string of the molecule is CCC1(CC)CC(OC2CCCCC2)(OC2CCCCC2)CC(C)(C)N1OC(C)c1ccccc1. The Bertz CT molecular complexity index is 743. The van der Waals surface area contributed by atoms with Crippen LogP contribution in [0.15, 0.2) is 30.3 Å². The monoisotopic (exact) mass is 485 g/mol. The van der Waals surface area contributed by atoms with Crippen molar-refractivity contribution in [3.8, 4) is 0 Å². The van der Waals surface area contributed by atoms with Crippen LogP contribution in [0.5, 0.6) is 0 Å². The van der Waals surface area contributed by atoms with Crippen molar-refractivity contribution in [1.82, 2.24) is 5.06 Å². The molecular formula is C31H51NO3. The van der Waals surface area contributed by atoms with E-state index >= 15 is 0 Å². The van der Waals surface area contributed by atoms with E-state index in [1.54, 1.807) is 0 Å². The maximum absolute atomic E-state index is 7.15. The highest BCUT2D eigenvalue weighted by molar-refractivity contribution is 5.17. The second kappa shape index (κ2) is 11.6. The fourth-order valence-corrected chi connectivity index (χ4v) is 7.16. The summed E-state index contributed by atoms with van der Waals surface area (Å²) in [4.78, 5) is 6.89. The number of hydroxylamine groups is 2. The third kappa shape index (κ3) is 6.32. The molecule has 2 aliphatic carbocycles. The Balaban J connectivity index is 1.64. The predicted molar refractivity (Wildman–Crippen MR) is 143 cm³/mol. The minimum absolute atomic E-state index is 0.000948. The number of ether oxygens (including phenoxy) is 2. The van der Waals surface area contributed by atoms with Gasteiger partial charge in [-0.3, -0.25) is 4.84 Å². The van der Waals surface area contributed by atoms with E-state index in [1.807, 2.05) is 0 Å². The normalized spacial score (nSPS) is 26.4. The Morgan fingerprint density at radius 3 is 1.80 bits per heavy atom. The number of benzene rings is 1. The van der Waals surface area contributed by atoms with Crippen LogP contribution in [0.25, 0.3) is 0 Å². The minimum Gasteiger partial charge on any atom is -0.347 e. The van der Waals surface area contributed by atoms with Gasteiger partial charge in [-0.15, -0.1) is 0 Å². The molecule has 3 aliphatic rings. The molecule has 0 radical (unpaired) electrons. The summed E-state index contributed by atoms with van der Waals surface area (Å²) >= 11 is 0. The maximum Gasteiger partial charge on any atom is 0.172 e. The summed E-state index contributed by atoms with van der Waals surface area (Å²) in [6.45, 7) is 11.5. The average molecular weight is 486 g/mol. The topological polar surface area (TPSA) is 30.9 Å². The van der Waals surface area contributed by atoms with Gasteiger partial charge in [-0.1, -0.05) is 82.7 Å². The molecule has 0 spiro atoms. The van der Waals surface area contributed by atoms with Crippen LogP contribution < -0.4 is 0 Å². The third-order valence-electron chi connectivity index (χ3n) is 9.00. The van der Waals surface area contributed by atoms with E-state index in [-0.39, 0.29) is 17.2 Å². The molecule has 4 heteroatoms. The fourth-order valence-electron chi connectivity index (χ4n) is 7.16. The lowest BCUT2D eigenvalue weighted by molar-refractivity contribution is -0.389. The molecule has 4 rings (SSSR count). The van der Waals surface area contributed by atoms with Crippen molar-refractivity contribution < 1.29 is 14.3 Å². The van der Waals surface area contributed by atoms with Crippen molar-refractivity contribution in [3.63, 3.8) is 0 Å². The van der Waals surface area contributed by atoms with Crippen LogP contribution in [0, 0.1) is 0 Å². The molecule has 1 heterocycles. The highest BCUT2D eigenvalue weighted by Gasteiger charge is 2.58. The first-order chi connectivity index (χ1) is 16.8. The molecule has 2 saturated carbocycles. The van der Waals surface area contributed by atoms with Crippen LogP contribution >= 0.6 is 0 Å². The lowest BCUT2D eigenvalue weighted by Gasteiger charge is -2.61. The van der Waals surface area contributed by atoms with E-state index in [4.69, 9.17) is 14.3 Å². The number of nitrogens with zero attached hydrogens (tertiary/aromatic N) is 1. The van der Waals surface area contributed by atoms with Gasteiger partial charge < -0.3 is 9.47 Å². The summed E-state index contributed by atoms with van der Waals surface area (Å²) in [5, 5.41) is 2.37. The van der Waals surface area contributed by atoms with Crippen molar-refractivity contribution in [2.75, 3.05) is 0 Å². The summed E-state index contributed by atoms with van der Waals surface area (Å²) < 4.78 is 14.3. The van der Waals surface area contributed by atoms with Gasteiger partial charge in [0.15, 0.2) is 5.79 Å². The van der Waals surface area contributed by atoms with Crippen LogP contribution in [-0.4, -0.2) is 34.1 Å². The van der Waals surface area contributed by atoms with E-state index < -0.39 is 5.79 Å². The van der Waals surface area contributed by atoms with E-state index in [0.29, 0.717) is 12.2 Å². The molecule has 0 amide bonds. The Kier molecular flexibility index (Phi) is 9.00. The highest BCUT2D eigenvalue weighted by Crippen LogP contribution is 2.52. The molecule has 3 fully saturated rings. The first kappa shape index (κ1) is 27.1. The van der Waals surface area contributed by atoms with Gasteiger partial charge in [0.2, 0.25) is 0 Å². The van der Waals surface area contributed by atoms with Crippen LogP contribution in [0.2, 0.25) is 0 Å². The Morgan fingerprint density at radius 1 is 0.800 bits per heavy atom. The molecule has 4 nitrogen and oxygen atoms in total. The van der Waals surface area contributed by atoms with Crippen LogP contribution in [0.3, 0.4) is 0 Å². The Labute approximate surface area is 215 Å². The van der Waals surface area contributed by atoms with Gasteiger partial charge in [-0.05, 0) is 64.9 Å². The Morgan fingerprint density at radius 2 is 1.31 bits per heavy atom. The molecule has 35 heavy (non-hydrogen) atoms. The summed E-state index contributed by atoms with van der Waals surface area (Å²) in [6, 6.07) is 10.6. The Hall–Kier alpha value is -0.940. The fraction of sp³-hybridized carbons (Fsp3) is 0.806. The number of hydrogen-bond acceptors (Lipinski definition) is 4. The zero-order chi connectivity index (χ0) is 24.9. The molecule has 0 aromatic heterocycles. The molecule has 1 aliphatic heterocycles. The zero-order valence-electron chi connectivity index (χ0n) is 23.2. The quantitative estimate of drug-likeness (QED) is 0.328. The number of hydrogen-bond donors (Lipinski definition) is 0. The lowest BCUT2D eigenvalue weighted by atomic mass is 9.73. The molecule has 1 aromatic rings.